The fourth-order valence-electron chi connectivity index (χ4n) is 2.67. The number of amides is 1. The van der Waals surface area contributed by atoms with Gasteiger partial charge in [0.2, 0.25) is 0 Å². The maximum absolute atomic E-state index is 12.3. The van der Waals surface area contributed by atoms with E-state index in [1.165, 1.54) is 11.1 Å². The zero-order chi connectivity index (χ0) is 14.9. The van der Waals surface area contributed by atoms with Gasteiger partial charge in [0.15, 0.2) is 0 Å². The van der Waals surface area contributed by atoms with Gasteiger partial charge in [0.25, 0.3) is 0 Å². The van der Waals surface area contributed by atoms with E-state index in [0.717, 1.165) is 12.1 Å². The summed E-state index contributed by atoms with van der Waals surface area (Å²) in [7, 11) is 1.93. The average molecular weight is 276 g/mol. The summed E-state index contributed by atoms with van der Waals surface area (Å²) in [5.74, 6) is 0. The molecule has 0 radical (unpaired) electrons. The lowest BCUT2D eigenvalue weighted by molar-refractivity contribution is 0.0160. The van der Waals surface area contributed by atoms with E-state index in [2.05, 4.69) is 24.4 Å². The van der Waals surface area contributed by atoms with E-state index in [1.807, 2.05) is 38.8 Å². The maximum Gasteiger partial charge on any atom is 0.410 e. The summed E-state index contributed by atoms with van der Waals surface area (Å²) in [5, 5.41) is 3.22. The minimum atomic E-state index is -0.454. The van der Waals surface area contributed by atoms with Gasteiger partial charge in [-0.15, -0.1) is 0 Å². The van der Waals surface area contributed by atoms with E-state index in [4.69, 9.17) is 4.74 Å². The Bertz CT molecular complexity index is 506. The third kappa shape index (κ3) is 2.89. The van der Waals surface area contributed by atoms with Gasteiger partial charge >= 0.3 is 6.09 Å². The summed E-state index contributed by atoms with van der Waals surface area (Å²) in [5.41, 5.74) is 3.21. The average Bonchev–Trinajstić information content (AvgIpc) is 2.36. The van der Waals surface area contributed by atoms with Crippen LogP contribution in [-0.4, -0.2) is 30.2 Å². The summed E-state index contributed by atoms with van der Waals surface area (Å²) in [6.07, 6.45) is 0.626. The second-order valence-corrected chi connectivity index (χ2v) is 6.22. The molecule has 0 saturated heterocycles. The van der Waals surface area contributed by atoms with Crippen molar-refractivity contribution in [1.29, 1.82) is 0 Å². The van der Waals surface area contributed by atoms with Crippen LogP contribution in [0.25, 0.3) is 0 Å². The van der Waals surface area contributed by atoms with Crippen LogP contribution in [-0.2, 0) is 11.2 Å². The Balaban J connectivity index is 2.24. The van der Waals surface area contributed by atoms with E-state index in [9.17, 15) is 4.79 Å². The molecule has 0 bridgehead atoms. The Morgan fingerprint density at radius 1 is 1.40 bits per heavy atom. The number of nitrogens with one attached hydrogen (secondary N) is 1. The fourth-order valence-corrected chi connectivity index (χ4v) is 2.67. The molecule has 4 nitrogen and oxygen atoms in total. The van der Waals surface area contributed by atoms with Gasteiger partial charge in [0, 0.05) is 19.3 Å². The molecule has 110 valence electrons. The number of hydrogen-bond acceptors (Lipinski definition) is 3. The van der Waals surface area contributed by atoms with Crippen LogP contribution in [0.5, 0.6) is 0 Å². The molecule has 0 fully saturated rings. The van der Waals surface area contributed by atoms with Gasteiger partial charge in [0.05, 0.1) is 6.04 Å². The molecule has 1 aromatic carbocycles. The van der Waals surface area contributed by atoms with Gasteiger partial charge < -0.3 is 15.0 Å². The zero-order valence-corrected chi connectivity index (χ0v) is 13.0. The van der Waals surface area contributed by atoms with Crippen molar-refractivity contribution in [3.05, 3.63) is 29.3 Å². The SMILES string of the molecule is CNc1cccc2c1CCN(C(=O)OC(C)(C)C)[C@H]2C. The van der Waals surface area contributed by atoms with Crippen LogP contribution in [0.3, 0.4) is 0 Å². The second-order valence-electron chi connectivity index (χ2n) is 6.22. The molecule has 0 saturated carbocycles. The smallest absolute Gasteiger partial charge is 0.410 e. The lowest BCUT2D eigenvalue weighted by Gasteiger charge is -2.37. The van der Waals surface area contributed by atoms with Crippen LogP contribution in [0.2, 0.25) is 0 Å². The van der Waals surface area contributed by atoms with E-state index in [0.29, 0.717) is 6.54 Å². The number of rotatable bonds is 1. The Morgan fingerprint density at radius 2 is 2.10 bits per heavy atom. The normalized spacial score (nSPS) is 18.4. The summed E-state index contributed by atoms with van der Waals surface area (Å²) in [6.45, 7) is 8.44. The Hall–Kier alpha value is -1.71. The van der Waals surface area contributed by atoms with Crippen molar-refractivity contribution in [2.24, 2.45) is 0 Å². The summed E-state index contributed by atoms with van der Waals surface area (Å²) < 4.78 is 5.49. The van der Waals surface area contributed by atoms with Crippen molar-refractivity contribution >= 4 is 11.8 Å². The molecule has 1 aromatic rings. The standard InChI is InChI=1S/C16H24N2O2/c1-11-12-7-6-8-14(17-5)13(12)9-10-18(11)15(19)20-16(2,3)4/h6-8,11,17H,9-10H2,1-5H3/t11-/m0/s1. The number of carbonyl (C=O) groups excluding carboxylic acids is 1. The molecular weight excluding hydrogens is 252 g/mol. The van der Waals surface area contributed by atoms with Crippen LogP contribution < -0.4 is 5.32 Å². The predicted octanol–water partition coefficient (Wildman–Crippen LogP) is 3.58. The van der Waals surface area contributed by atoms with E-state index in [1.54, 1.807) is 0 Å². The lowest BCUT2D eigenvalue weighted by atomic mass is 9.92. The number of ether oxygens (including phenoxy) is 1. The van der Waals surface area contributed by atoms with Crippen LogP contribution >= 0.6 is 0 Å². The van der Waals surface area contributed by atoms with Gasteiger partial charge in [-0.3, -0.25) is 0 Å². The van der Waals surface area contributed by atoms with Gasteiger partial charge in [-0.25, -0.2) is 4.79 Å². The molecule has 1 heterocycles. The summed E-state index contributed by atoms with van der Waals surface area (Å²) >= 11 is 0. The molecule has 0 aliphatic carbocycles. The first-order valence-electron chi connectivity index (χ1n) is 7.12. The topological polar surface area (TPSA) is 41.6 Å². The van der Waals surface area contributed by atoms with Crippen molar-refractivity contribution in [3.8, 4) is 0 Å². The summed E-state index contributed by atoms with van der Waals surface area (Å²) in [6, 6.07) is 6.24. The van der Waals surface area contributed by atoms with Crippen LogP contribution in [0.15, 0.2) is 18.2 Å². The van der Waals surface area contributed by atoms with Gasteiger partial charge in [-0.05, 0) is 51.3 Å². The highest BCUT2D eigenvalue weighted by molar-refractivity contribution is 5.70. The highest BCUT2D eigenvalue weighted by Crippen LogP contribution is 2.34. The predicted molar refractivity (Wildman–Crippen MR) is 81.0 cm³/mol. The molecule has 1 amide bonds. The number of benzene rings is 1. The molecule has 0 unspecified atom stereocenters. The number of fused-ring (bicyclic) bond motifs is 1. The number of nitrogens with zero attached hydrogens (tertiary/aromatic N) is 1. The summed E-state index contributed by atoms with van der Waals surface area (Å²) in [4.78, 5) is 14.1. The molecule has 1 N–H and O–H groups in total. The van der Waals surface area contributed by atoms with Crippen molar-refractivity contribution in [2.45, 2.75) is 45.8 Å². The first-order valence-corrected chi connectivity index (χ1v) is 7.12. The molecule has 1 aliphatic heterocycles. The monoisotopic (exact) mass is 276 g/mol. The molecule has 20 heavy (non-hydrogen) atoms. The molecular formula is C16H24N2O2. The highest BCUT2D eigenvalue weighted by Gasteiger charge is 2.31. The zero-order valence-electron chi connectivity index (χ0n) is 13.0. The molecule has 4 heteroatoms. The third-order valence-corrected chi connectivity index (χ3v) is 3.63. The van der Waals surface area contributed by atoms with Crippen molar-refractivity contribution < 1.29 is 9.53 Å². The first-order chi connectivity index (χ1) is 9.33. The first kappa shape index (κ1) is 14.7. The van der Waals surface area contributed by atoms with E-state index >= 15 is 0 Å². The van der Waals surface area contributed by atoms with Crippen LogP contribution in [0, 0.1) is 0 Å². The minimum Gasteiger partial charge on any atom is -0.444 e. The van der Waals surface area contributed by atoms with Crippen molar-refractivity contribution in [2.75, 3.05) is 18.9 Å². The van der Waals surface area contributed by atoms with E-state index < -0.39 is 5.60 Å². The highest BCUT2D eigenvalue weighted by atomic mass is 16.6. The third-order valence-electron chi connectivity index (χ3n) is 3.63. The molecule has 0 aromatic heterocycles. The number of anilines is 1. The van der Waals surface area contributed by atoms with Gasteiger partial charge in [-0.1, -0.05) is 12.1 Å². The van der Waals surface area contributed by atoms with Gasteiger partial charge in [0.1, 0.15) is 5.60 Å². The van der Waals surface area contributed by atoms with Crippen LogP contribution in [0.1, 0.15) is 44.9 Å². The van der Waals surface area contributed by atoms with Crippen molar-refractivity contribution in [3.63, 3.8) is 0 Å². The Morgan fingerprint density at radius 3 is 2.70 bits per heavy atom. The molecule has 1 atom stereocenters. The quantitative estimate of drug-likeness (QED) is 0.852. The molecule has 1 aliphatic rings. The largest absolute Gasteiger partial charge is 0.444 e. The van der Waals surface area contributed by atoms with Crippen molar-refractivity contribution in [1.82, 2.24) is 4.90 Å². The molecule has 0 spiro atoms. The second kappa shape index (κ2) is 5.35. The Kier molecular flexibility index (Phi) is 3.93. The van der Waals surface area contributed by atoms with Gasteiger partial charge in [-0.2, -0.15) is 0 Å². The minimum absolute atomic E-state index is 0.0434. The Labute approximate surface area is 121 Å². The molecule has 2 rings (SSSR count). The van der Waals surface area contributed by atoms with Crippen LogP contribution in [0.4, 0.5) is 10.5 Å². The number of carbonyl (C=O) groups is 1. The van der Waals surface area contributed by atoms with E-state index in [-0.39, 0.29) is 12.1 Å². The fraction of sp³-hybridized carbons (Fsp3) is 0.562. The number of hydrogen-bond donors (Lipinski definition) is 1. The lowest BCUT2D eigenvalue weighted by Crippen LogP contribution is -2.42. The maximum atomic E-state index is 12.3.